The molecule has 1 rings (SSSR count). The number of carbonyl (C=O) groups is 1. The second kappa shape index (κ2) is 5.82. The highest BCUT2D eigenvalue weighted by molar-refractivity contribution is 5.95. The van der Waals surface area contributed by atoms with E-state index in [1.54, 1.807) is 0 Å². The van der Waals surface area contributed by atoms with Gasteiger partial charge in [-0.1, -0.05) is 45.9 Å². The molecule has 0 spiro atoms. The van der Waals surface area contributed by atoms with Crippen molar-refractivity contribution in [3.8, 4) is 0 Å². The average Bonchev–Trinajstić information content (AvgIpc) is 2.28. The Balaban J connectivity index is 2.85. The molecule has 0 aromatic heterocycles. The molecule has 3 nitrogen and oxygen atoms in total. The van der Waals surface area contributed by atoms with Crippen LogP contribution in [0.4, 0.5) is 5.69 Å². The fourth-order valence-electron chi connectivity index (χ4n) is 1.63. The first-order valence-electron chi connectivity index (χ1n) is 6.08. The Labute approximate surface area is 103 Å². The molecule has 0 heterocycles. The highest BCUT2D eigenvalue weighted by Gasteiger charge is 2.18. The summed E-state index contributed by atoms with van der Waals surface area (Å²) in [6.45, 7) is 8.10. The van der Waals surface area contributed by atoms with Crippen molar-refractivity contribution in [1.82, 2.24) is 0 Å². The second-order valence-corrected chi connectivity index (χ2v) is 5.00. The highest BCUT2D eigenvalue weighted by atomic mass is 16.2. The standard InChI is InChI=1S/C14H22N2O/c1-9(2)11-7-5-6-8-12(11)16-14(17)13(15)10(3)4/h5-10,13H,15H2,1-4H3,(H,16,17)/t13-/m1/s1. The first kappa shape index (κ1) is 13.7. The molecular weight excluding hydrogens is 212 g/mol. The lowest BCUT2D eigenvalue weighted by molar-refractivity contribution is -0.118. The van der Waals surface area contributed by atoms with Crippen molar-refractivity contribution >= 4 is 11.6 Å². The third-order valence-electron chi connectivity index (χ3n) is 2.86. The Hall–Kier alpha value is -1.35. The van der Waals surface area contributed by atoms with Gasteiger partial charge in [0.05, 0.1) is 6.04 Å². The third kappa shape index (κ3) is 3.56. The zero-order valence-corrected chi connectivity index (χ0v) is 11.0. The molecule has 1 aromatic carbocycles. The van der Waals surface area contributed by atoms with Gasteiger partial charge in [0.2, 0.25) is 5.91 Å². The van der Waals surface area contributed by atoms with E-state index < -0.39 is 6.04 Å². The molecule has 1 amide bonds. The van der Waals surface area contributed by atoms with Crippen molar-refractivity contribution in [2.45, 2.75) is 39.7 Å². The number of hydrogen-bond acceptors (Lipinski definition) is 2. The van der Waals surface area contributed by atoms with E-state index in [0.717, 1.165) is 11.3 Å². The molecule has 3 N–H and O–H groups in total. The van der Waals surface area contributed by atoms with Crippen LogP contribution in [0, 0.1) is 5.92 Å². The first-order valence-corrected chi connectivity index (χ1v) is 6.08. The molecule has 3 heteroatoms. The molecule has 0 radical (unpaired) electrons. The fraction of sp³-hybridized carbons (Fsp3) is 0.500. The Kier molecular flexibility index (Phi) is 4.70. The normalized spacial score (nSPS) is 12.9. The summed E-state index contributed by atoms with van der Waals surface area (Å²) < 4.78 is 0. The Bertz CT molecular complexity index is 386. The lowest BCUT2D eigenvalue weighted by Crippen LogP contribution is -2.39. The molecule has 94 valence electrons. The van der Waals surface area contributed by atoms with Gasteiger partial charge in [0, 0.05) is 5.69 Å². The van der Waals surface area contributed by atoms with Gasteiger partial charge in [-0.15, -0.1) is 0 Å². The van der Waals surface area contributed by atoms with Crippen LogP contribution >= 0.6 is 0 Å². The minimum absolute atomic E-state index is 0.117. The largest absolute Gasteiger partial charge is 0.324 e. The predicted molar refractivity (Wildman–Crippen MR) is 72.0 cm³/mol. The quantitative estimate of drug-likeness (QED) is 0.841. The van der Waals surface area contributed by atoms with E-state index in [1.165, 1.54) is 0 Å². The molecule has 17 heavy (non-hydrogen) atoms. The molecule has 0 saturated heterocycles. The summed E-state index contributed by atoms with van der Waals surface area (Å²) >= 11 is 0. The van der Waals surface area contributed by atoms with E-state index in [4.69, 9.17) is 5.73 Å². The number of anilines is 1. The van der Waals surface area contributed by atoms with Crippen LogP contribution in [0.1, 0.15) is 39.2 Å². The summed E-state index contributed by atoms with van der Waals surface area (Å²) in [5.74, 6) is 0.399. The Morgan fingerprint density at radius 1 is 1.18 bits per heavy atom. The summed E-state index contributed by atoms with van der Waals surface area (Å²) in [4.78, 5) is 11.9. The van der Waals surface area contributed by atoms with Crippen molar-refractivity contribution < 1.29 is 4.79 Å². The summed E-state index contributed by atoms with van der Waals surface area (Å²) in [7, 11) is 0. The summed E-state index contributed by atoms with van der Waals surface area (Å²) in [6, 6.07) is 7.38. The molecule has 0 aliphatic carbocycles. The van der Waals surface area contributed by atoms with Crippen LogP contribution < -0.4 is 11.1 Å². The maximum absolute atomic E-state index is 11.9. The molecule has 0 aliphatic rings. The number of amides is 1. The summed E-state index contributed by atoms with van der Waals surface area (Å²) in [5, 5.41) is 2.91. The van der Waals surface area contributed by atoms with Crippen molar-refractivity contribution in [1.29, 1.82) is 0 Å². The zero-order valence-electron chi connectivity index (χ0n) is 11.0. The number of nitrogens with one attached hydrogen (secondary N) is 1. The minimum atomic E-state index is -0.463. The lowest BCUT2D eigenvalue weighted by atomic mass is 10.00. The van der Waals surface area contributed by atoms with Crippen molar-refractivity contribution in [3.63, 3.8) is 0 Å². The van der Waals surface area contributed by atoms with E-state index in [0.29, 0.717) is 5.92 Å². The van der Waals surface area contributed by atoms with Gasteiger partial charge < -0.3 is 11.1 Å². The maximum atomic E-state index is 11.9. The lowest BCUT2D eigenvalue weighted by Gasteiger charge is -2.18. The molecule has 0 unspecified atom stereocenters. The van der Waals surface area contributed by atoms with Gasteiger partial charge in [-0.25, -0.2) is 0 Å². The topological polar surface area (TPSA) is 55.1 Å². The van der Waals surface area contributed by atoms with Crippen molar-refractivity contribution in [3.05, 3.63) is 29.8 Å². The Morgan fingerprint density at radius 3 is 2.29 bits per heavy atom. The van der Waals surface area contributed by atoms with Gasteiger partial charge in [-0.3, -0.25) is 4.79 Å². The van der Waals surface area contributed by atoms with E-state index >= 15 is 0 Å². The Morgan fingerprint density at radius 2 is 1.76 bits per heavy atom. The maximum Gasteiger partial charge on any atom is 0.241 e. The first-order chi connectivity index (χ1) is 7.93. The monoisotopic (exact) mass is 234 g/mol. The minimum Gasteiger partial charge on any atom is -0.324 e. The van der Waals surface area contributed by atoms with E-state index in [2.05, 4.69) is 19.2 Å². The molecule has 0 fully saturated rings. The SMILES string of the molecule is CC(C)c1ccccc1NC(=O)[C@H](N)C(C)C. The number of hydrogen-bond donors (Lipinski definition) is 2. The smallest absolute Gasteiger partial charge is 0.241 e. The number of carbonyl (C=O) groups excluding carboxylic acids is 1. The number of para-hydroxylation sites is 1. The number of rotatable bonds is 4. The average molecular weight is 234 g/mol. The van der Waals surface area contributed by atoms with Crippen LogP contribution in [-0.4, -0.2) is 11.9 Å². The molecular formula is C14H22N2O. The van der Waals surface area contributed by atoms with Gasteiger partial charge in [0.25, 0.3) is 0 Å². The summed E-state index contributed by atoms with van der Waals surface area (Å²) in [6.07, 6.45) is 0. The van der Waals surface area contributed by atoms with Crippen LogP contribution in [-0.2, 0) is 4.79 Å². The highest BCUT2D eigenvalue weighted by Crippen LogP contribution is 2.23. The number of benzene rings is 1. The van der Waals surface area contributed by atoms with Crippen LogP contribution in [0.3, 0.4) is 0 Å². The summed E-state index contributed by atoms with van der Waals surface area (Å²) in [5.41, 5.74) is 7.82. The predicted octanol–water partition coefficient (Wildman–Crippen LogP) is 2.73. The molecule has 1 aromatic rings. The van der Waals surface area contributed by atoms with Crippen LogP contribution in [0.5, 0.6) is 0 Å². The molecule has 1 atom stereocenters. The van der Waals surface area contributed by atoms with Gasteiger partial charge in [0.1, 0.15) is 0 Å². The van der Waals surface area contributed by atoms with E-state index in [-0.39, 0.29) is 11.8 Å². The molecule has 0 aliphatic heterocycles. The van der Waals surface area contributed by atoms with Gasteiger partial charge in [-0.2, -0.15) is 0 Å². The second-order valence-electron chi connectivity index (χ2n) is 5.00. The fourth-order valence-corrected chi connectivity index (χ4v) is 1.63. The van der Waals surface area contributed by atoms with Crippen LogP contribution in [0.15, 0.2) is 24.3 Å². The molecule has 0 bridgehead atoms. The van der Waals surface area contributed by atoms with Gasteiger partial charge in [-0.05, 0) is 23.5 Å². The van der Waals surface area contributed by atoms with Gasteiger partial charge in [0.15, 0.2) is 0 Å². The van der Waals surface area contributed by atoms with Crippen molar-refractivity contribution in [2.75, 3.05) is 5.32 Å². The zero-order chi connectivity index (χ0) is 13.0. The molecule has 0 saturated carbocycles. The van der Waals surface area contributed by atoms with Gasteiger partial charge >= 0.3 is 0 Å². The van der Waals surface area contributed by atoms with Crippen molar-refractivity contribution in [2.24, 2.45) is 11.7 Å². The van der Waals surface area contributed by atoms with Crippen LogP contribution in [0.25, 0.3) is 0 Å². The third-order valence-corrected chi connectivity index (χ3v) is 2.86. The number of nitrogens with two attached hydrogens (primary N) is 1. The van der Waals surface area contributed by atoms with E-state index in [1.807, 2.05) is 38.1 Å². The van der Waals surface area contributed by atoms with E-state index in [9.17, 15) is 4.79 Å². The van der Waals surface area contributed by atoms with Crippen LogP contribution in [0.2, 0.25) is 0 Å².